The molecule has 0 unspecified atom stereocenters. The van der Waals surface area contributed by atoms with Gasteiger partial charge in [0.1, 0.15) is 0 Å². The maximum Gasteiger partial charge on any atom is 0.255 e. The fourth-order valence-electron chi connectivity index (χ4n) is 1.48. The molecule has 0 spiro atoms. The summed E-state index contributed by atoms with van der Waals surface area (Å²) < 4.78 is 0. The summed E-state index contributed by atoms with van der Waals surface area (Å²) in [5, 5.41) is 12.2. The summed E-state index contributed by atoms with van der Waals surface area (Å²) in [7, 11) is 0. The largest absolute Gasteiger partial charge is 0.505 e. The second kappa shape index (κ2) is 5.38. The lowest BCUT2D eigenvalue weighted by atomic mass is 10.2. The predicted molar refractivity (Wildman–Crippen MR) is 76.9 cm³/mol. The van der Waals surface area contributed by atoms with Crippen LogP contribution in [-0.2, 0) is 0 Å². The molecule has 2 aromatic carbocycles. The maximum absolute atomic E-state index is 11.9. The molecule has 0 aromatic heterocycles. The zero-order chi connectivity index (χ0) is 14.0. The van der Waals surface area contributed by atoms with Crippen molar-refractivity contribution in [3.8, 4) is 5.75 Å². The molecule has 0 aliphatic carbocycles. The second-order valence-corrected chi connectivity index (χ2v) is 4.68. The van der Waals surface area contributed by atoms with Gasteiger partial charge in [-0.1, -0.05) is 23.2 Å². The van der Waals surface area contributed by atoms with Crippen molar-refractivity contribution in [2.45, 2.75) is 0 Å². The molecule has 0 radical (unpaired) electrons. The highest BCUT2D eigenvalue weighted by molar-refractivity contribution is 6.37. The highest BCUT2D eigenvalue weighted by Crippen LogP contribution is 2.34. The van der Waals surface area contributed by atoms with Crippen LogP contribution in [0.3, 0.4) is 0 Å². The van der Waals surface area contributed by atoms with Gasteiger partial charge < -0.3 is 16.2 Å². The maximum atomic E-state index is 11.9. The molecule has 0 bridgehead atoms. The molecule has 1 amide bonds. The molecule has 0 aliphatic rings. The number of amides is 1. The minimum atomic E-state index is -0.321. The number of nitrogens with two attached hydrogens (primary N) is 1. The Kier molecular flexibility index (Phi) is 3.83. The molecule has 19 heavy (non-hydrogen) atoms. The molecule has 98 valence electrons. The van der Waals surface area contributed by atoms with Crippen LogP contribution in [0.15, 0.2) is 36.4 Å². The van der Waals surface area contributed by atoms with Gasteiger partial charge in [0.25, 0.3) is 5.91 Å². The van der Waals surface area contributed by atoms with Crippen LogP contribution in [-0.4, -0.2) is 11.0 Å². The summed E-state index contributed by atoms with van der Waals surface area (Å²) in [6, 6.07) is 9.30. The molecular formula is C13H10Cl2N2O2. The lowest BCUT2D eigenvalue weighted by molar-refractivity contribution is 0.102. The van der Waals surface area contributed by atoms with Gasteiger partial charge in [-0.15, -0.1) is 0 Å². The van der Waals surface area contributed by atoms with Crippen molar-refractivity contribution in [3.63, 3.8) is 0 Å². The molecule has 0 fully saturated rings. The van der Waals surface area contributed by atoms with Crippen molar-refractivity contribution in [2.75, 3.05) is 11.1 Å². The number of anilines is 2. The number of carbonyl (C=O) groups excluding carboxylic acids is 1. The van der Waals surface area contributed by atoms with Gasteiger partial charge in [-0.25, -0.2) is 0 Å². The topological polar surface area (TPSA) is 75.4 Å². The number of carbonyl (C=O) groups is 1. The first kappa shape index (κ1) is 13.5. The molecule has 0 heterocycles. The molecule has 6 heteroatoms. The molecule has 0 aliphatic heterocycles. The van der Waals surface area contributed by atoms with E-state index in [1.807, 2.05) is 0 Å². The Morgan fingerprint density at radius 1 is 1.11 bits per heavy atom. The molecule has 2 rings (SSSR count). The summed E-state index contributed by atoms with van der Waals surface area (Å²) in [6.07, 6.45) is 0. The fraction of sp³-hybridized carbons (Fsp3) is 0. The third kappa shape index (κ3) is 3.10. The Hall–Kier alpha value is -1.91. The van der Waals surface area contributed by atoms with E-state index in [4.69, 9.17) is 28.9 Å². The number of aromatic hydroxyl groups is 1. The molecule has 4 nitrogen and oxygen atoms in total. The minimum absolute atomic E-state index is 0.0695. The first-order valence-corrected chi connectivity index (χ1v) is 6.08. The van der Waals surface area contributed by atoms with Gasteiger partial charge >= 0.3 is 0 Å². The van der Waals surface area contributed by atoms with Gasteiger partial charge in [0.05, 0.1) is 10.0 Å². The number of hydrogen-bond acceptors (Lipinski definition) is 3. The standard InChI is InChI=1S/C13H10Cl2N2O2/c14-10-5-9(6-11(15)12(10)18)17-13(19)7-1-3-8(16)4-2-7/h1-6,18H,16H2,(H,17,19). The number of nitrogens with one attached hydrogen (secondary N) is 1. The molecular weight excluding hydrogens is 287 g/mol. The van der Waals surface area contributed by atoms with Gasteiger partial charge in [-0.2, -0.15) is 0 Å². The van der Waals surface area contributed by atoms with Crippen LogP contribution in [0.25, 0.3) is 0 Å². The number of nitrogen functional groups attached to an aromatic ring is 1. The van der Waals surface area contributed by atoms with E-state index in [0.29, 0.717) is 16.9 Å². The Morgan fingerprint density at radius 3 is 2.16 bits per heavy atom. The monoisotopic (exact) mass is 296 g/mol. The first-order chi connectivity index (χ1) is 8.97. The number of benzene rings is 2. The van der Waals surface area contributed by atoms with Crippen LogP contribution in [0.2, 0.25) is 10.0 Å². The van der Waals surface area contributed by atoms with Gasteiger partial charge in [0.15, 0.2) is 5.75 Å². The zero-order valence-corrected chi connectivity index (χ0v) is 11.2. The van der Waals surface area contributed by atoms with Crippen molar-refractivity contribution < 1.29 is 9.90 Å². The molecule has 0 atom stereocenters. The fourth-order valence-corrected chi connectivity index (χ4v) is 1.96. The van der Waals surface area contributed by atoms with Crippen molar-refractivity contribution in [2.24, 2.45) is 0 Å². The van der Waals surface area contributed by atoms with Crippen molar-refractivity contribution in [3.05, 3.63) is 52.0 Å². The molecule has 0 saturated heterocycles. The summed E-state index contributed by atoms with van der Waals surface area (Å²) in [5.41, 5.74) is 6.97. The van der Waals surface area contributed by atoms with Crippen molar-refractivity contribution >= 4 is 40.5 Å². The normalized spacial score (nSPS) is 10.2. The second-order valence-electron chi connectivity index (χ2n) is 3.86. The molecule has 0 saturated carbocycles. The Labute approximate surface area is 119 Å². The average Bonchev–Trinajstić information content (AvgIpc) is 2.36. The van der Waals surface area contributed by atoms with Crippen LogP contribution in [0.4, 0.5) is 11.4 Å². The van der Waals surface area contributed by atoms with Crippen LogP contribution >= 0.6 is 23.2 Å². The molecule has 4 N–H and O–H groups in total. The van der Waals surface area contributed by atoms with Crippen LogP contribution in [0.5, 0.6) is 5.75 Å². The Morgan fingerprint density at radius 2 is 1.63 bits per heavy atom. The Bertz CT molecular complexity index is 604. The zero-order valence-electron chi connectivity index (χ0n) is 9.65. The number of phenolic OH excluding ortho intramolecular Hbond substituents is 1. The number of hydrogen-bond donors (Lipinski definition) is 3. The lowest BCUT2D eigenvalue weighted by Gasteiger charge is -2.08. The number of halogens is 2. The number of rotatable bonds is 2. The van der Waals surface area contributed by atoms with Gasteiger partial charge in [0, 0.05) is 16.9 Å². The number of phenols is 1. The average molecular weight is 297 g/mol. The first-order valence-electron chi connectivity index (χ1n) is 5.32. The SMILES string of the molecule is Nc1ccc(C(=O)Nc2cc(Cl)c(O)c(Cl)c2)cc1. The third-order valence-corrected chi connectivity index (χ3v) is 3.02. The van der Waals surface area contributed by atoms with Gasteiger partial charge in [-0.3, -0.25) is 4.79 Å². The summed E-state index contributed by atoms with van der Waals surface area (Å²) in [6.45, 7) is 0. The quantitative estimate of drug-likeness (QED) is 0.586. The van der Waals surface area contributed by atoms with Crippen molar-refractivity contribution in [1.29, 1.82) is 0 Å². The van der Waals surface area contributed by atoms with E-state index >= 15 is 0 Å². The predicted octanol–water partition coefficient (Wildman–Crippen LogP) is 3.53. The van der Waals surface area contributed by atoms with Crippen LogP contribution < -0.4 is 11.1 Å². The summed E-state index contributed by atoms with van der Waals surface area (Å²) in [5.74, 6) is -0.536. The van der Waals surface area contributed by atoms with E-state index in [0.717, 1.165) is 0 Å². The summed E-state index contributed by atoms with van der Waals surface area (Å²) >= 11 is 11.5. The van der Waals surface area contributed by atoms with E-state index in [1.165, 1.54) is 12.1 Å². The van der Waals surface area contributed by atoms with E-state index in [-0.39, 0.29) is 21.7 Å². The van der Waals surface area contributed by atoms with Crippen molar-refractivity contribution in [1.82, 2.24) is 0 Å². The minimum Gasteiger partial charge on any atom is -0.505 e. The van der Waals surface area contributed by atoms with Gasteiger partial charge in [0.2, 0.25) is 0 Å². The Balaban J connectivity index is 2.22. The van der Waals surface area contributed by atoms with Crippen LogP contribution in [0, 0.1) is 0 Å². The summed E-state index contributed by atoms with van der Waals surface area (Å²) in [4.78, 5) is 11.9. The highest BCUT2D eigenvalue weighted by Gasteiger charge is 2.10. The van der Waals surface area contributed by atoms with E-state index in [9.17, 15) is 9.90 Å². The van der Waals surface area contributed by atoms with Crippen LogP contribution in [0.1, 0.15) is 10.4 Å². The van der Waals surface area contributed by atoms with E-state index in [2.05, 4.69) is 5.32 Å². The smallest absolute Gasteiger partial charge is 0.255 e. The highest BCUT2D eigenvalue weighted by atomic mass is 35.5. The van der Waals surface area contributed by atoms with E-state index in [1.54, 1.807) is 24.3 Å². The van der Waals surface area contributed by atoms with Gasteiger partial charge in [-0.05, 0) is 36.4 Å². The lowest BCUT2D eigenvalue weighted by Crippen LogP contribution is -2.11. The molecule has 2 aromatic rings. The van der Waals surface area contributed by atoms with E-state index < -0.39 is 0 Å². The third-order valence-electron chi connectivity index (χ3n) is 2.45.